The minimum absolute atomic E-state index is 0.149. The summed E-state index contributed by atoms with van der Waals surface area (Å²) in [7, 11) is 0. The van der Waals surface area contributed by atoms with Crippen LogP contribution in [0.25, 0.3) is 0 Å². The number of amides is 2. The zero-order chi connectivity index (χ0) is 21.3. The number of anilines is 1. The van der Waals surface area contributed by atoms with Crippen LogP contribution in [0.2, 0.25) is 5.02 Å². The number of primary amides is 1. The fourth-order valence-electron chi connectivity index (χ4n) is 2.35. The number of hydrazone groups is 1. The van der Waals surface area contributed by atoms with Crippen molar-refractivity contribution in [2.45, 2.75) is 33.2 Å². The Labute approximate surface area is 178 Å². The summed E-state index contributed by atoms with van der Waals surface area (Å²) in [6, 6.07) is 2.66. The van der Waals surface area contributed by atoms with E-state index in [1.54, 1.807) is 31.3 Å². The van der Waals surface area contributed by atoms with Gasteiger partial charge in [0.2, 0.25) is 5.91 Å². The SMILES string of the molecule is C=C/C=C(C(N)=O)\C(=C/C)NC(=O)C1CC(Br)=NN1c1ncccc1Cl.CC. The number of hydrogen-bond acceptors (Lipinski definition) is 5. The van der Waals surface area contributed by atoms with Gasteiger partial charge in [0.05, 0.1) is 10.6 Å². The third-order valence-corrected chi connectivity index (χ3v) is 4.30. The monoisotopic (exact) mass is 467 g/mol. The normalized spacial score (nSPS) is 16.7. The van der Waals surface area contributed by atoms with Crippen molar-refractivity contribution < 1.29 is 9.59 Å². The summed E-state index contributed by atoms with van der Waals surface area (Å²) in [4.78, 5) is 28.6. The number of allylic oxidation sites excluding steroid dienone is 3. The van der Waals surface area contributed by atoms with Gasteiger partial charge in [-0.15, -0.1) is 0 Å². The van der Waals surface area contributed by atoms with Crippen LogP contribution in [-0.4, -0.2) is 27.5 Å². The third kappa shape index (κ3) is 5.77. The third-order valence-electron chi connectivity index (χ3n) is 3.52. The van der Waals surface area contributed by atoms with Gasteiger partial charge in [0.1, 0.15) is 10.7 Å². The molecule has 3 N–H and O–H groups in total. The highest BCUT2D eigenvalue weighted by Gasteiger charge is 2.35. The molecule has 0 aromatic carbocycles. The second-order valence-corrected chi connectivity index (χ2v) is 6.54. The van der Waals surface area contributed by atoms with Crippen molar-refractivity contribution in [2.24, 2.45) is 10.8 Å². The van der Waals surface area contributed by atoms with Crippen LogP contribution >= 0.6 is 27.5 Å². The van der Waals surface area contributed by atoms with Gasteiger partial charge >= 0.3 is 0 Å². The van der Waals surface area contributed by atoms with Gasteiger partial charge in [-0.05, 0) is 41.1 Å². The first-order valence-corrected chi connectivity index (χ1v) is 9.79. The number of pyridine rings is 1. The first kappa shape index (κ1) is 23.6. The molecule has 28 heavy (non-hydrogen) atoms. The van der Waals surface area contributed by atoms with Gasteiger partial charge in [0, 0.05) is 18.3 Å². The molecule has 1 atom stereocenters. The van der Waals surface area contributed by atoms with Crippen molar-refractivity contribution in [2.75, 3.05) is 5.01 Å². The highest BCUT2D eigenvalue weighted by molar-refractivity contribution is 9.18. The van der Waals surface area contributed by atoms with Gasteiger partial charge in [-0.3, -0.25) is 9.59 Å². The van der Waals surface area contributed by atoms with E-state index in [-0.39, 0.29) is 17.2 Å². The lowest BCUT2D eigenvalue weighted by atomic mass is 10.1. The van der Waals surface area contributed by atoms with E-state index in [2.05, 4.69) is 37.9 Å². The minimum Gasteiger partial charge on any atom is -0.366 e. The Morgan fingerprint density at radius 2 is 2.14 bits per heavy atom. The van der Waals surface area contributed by atoms with Gasteiger partial charge in [-0.2, -0.15) is 5.10 Å². The van der Waals surface area contributed by atoms with Crippen LogP contribution < -0.4 is 16.1 Å². The molecule has 0 bridgehead atoms. The van der Waals surface area contributed by atoms with Crippen LogP contribution in [-0.2, 0) is 9.59 Å². The van der Waals surface area contributed by atoms with Crippen molar-refractivity contribution in [3.8, 4) is 0 Å². The Hall–Kier alpha value is -2.45. The topological polar surface area (TPSA) is 101 Å². The van der Waals surface area contributed by atoms with Crippen molar-refractivity contribution in [1.29, 1.82) is 0 Å². The van der Waals surface area contributed by atoms with E-state index in [1.807, 2.05) is 13.8 Å². The molecule has 1 aliphatic rings. The van der Waals surface area contributed by atoms with E-state index in [1.165, 1.54) is 17.2 Å². The molecule has 0 spiro atoms. The molecule has 0 saturated heterocycles. The minimum atomic E-state index is -0.690. The number of nitrogens with two attached hydrogens (primary N) is 1. The van der Waals surface area contributed by atoms with Crippen LogP contribution in [0.4, 0.5) is 5.82 Å². The molecule has 2 rings (SSSR count). The number of halogens is 2. The zero-order valence-electron chi connectivity index (χ0n) is 15.9. The van der Waals surface area contributed by atoms with Crippen LogP contribution in [0.5, 0.6) is 0 Å². The predicted molar refractivity (Wildman–Crippen MR) is 117 cm³/mol. The fraction of sp³-hybridized carbons (Fsp3) is 0.263. The van der Waals surface area contributed by atoms with E-state index in [4.69, 9.17) is 17.3 Å². The maximum Gasteiger partial charge on any atom is 0.250 e. The Morgan fingerprint density at radius 3 is 2.68 bits per heavy atom. The summed E-state index contributed by atoms with van der Waals surface area (Å²) in [6.07, 6.45) is 6.33. The molecule has 9 heteroatoms. The molecule has 1 aliphatic heterocycles. The highest BCUT2D eigenvalue weighted by atomic mass is 79.9. The van der Waals surface area contributed by atoms with E-state index in [0.717, 1.165) is 0 Å². The zero-order valence-corrected chi connectivity index (χ0v) is 18.3. The molecule has 7 nitrogen and oxygen atoms in total. The number of aromatic nitrogens is 1. The summed E-state index contributed by atoms with van der Waals surface area (Å²) in [5.41, 5.74) is 5.81. The first-order chi connectivity index (χ1) is 13.4. The van der Waals surface area contributed by atoms with Gasteiger partial charge in [-0.25, -0.2) is 9.99 Å². The highest BCUT2D eigenvalue weighted by Crippen LogP contribution is 2.30. The lowest BCUT2D eigenvalue weighted by Crippen LogP contribution is -2.43. The lowest BCUT2D eigenvalue weighted by Gasteiger charge is -2.23. The Kier molecular flexibility index (Phi) is 9.61. The summed E-state index contributed by atoms with van der Waals surface area (Å²) < 4.78 is 0.582. The first-order valence-electron chi connectivity index (χ1n) is 8.61. The van der Waals surface area contributed by atoms with Gasteiger partial charge < -0.3 is 11.1 Å². The molecule has 0 saturated carbocycles. The standard InChI is InChI=1S/C17H17BrClN5O2.C2H6/c1-3-6-10(15(20)25)12(4-2)22-17(26)13-9-14(18)23-24(13)16-11(19)7-5-8-21-16;1-2/h3-8,13H,1,9H2,2H3,(H2,20,25)(H,22,26);1-2H3/b10-6+,12-4+;. The number of hydrogen-bond donors (Lipinski definition) is 2. The number of carbonyl (C=O) groups excluding carboxylic acids is 2. The Balaban J connectivity index is 0.00000190. The maximum atomic E-state index is 12.8. The Bertz CT molecular complexity index is 835. The quantitative estimate of drug-likeness (QED) is 0.491. The maximum absolute atomic E-state index is 12.8. The van der Waals surface area contributed by atoms with Crippen LogP contribution in [0.1, 0.15) is 27.2 Å². The number of rotatable bonds is 6. The van der Waals surface area contributed by atoms with E-state index >= 15 is 0 Å². The predicted octanol–water partition coefficient (Wildman–Crippen LogP) is 3.67. The number of carbonyl (C=O) groups is 2. The summed E-state index contributed by atoms with van der Waals surface area (Å²) in [5, 5.41) is 8.81. The molecule has 1 unspecified atom stereocenters. The molecule has 0 radical (unpaired) electrons. The van der Waals surface area contributed by atoms with E-state index < -0.39 is 11.9 Å². The lowest BCUT2D eigenvalue weighted by molar-refractivity contribution is -0.121. The summed E-state index contributed by atoms with van der Waals surface area (Å²) >= 11 is 9.49. The number of nitrogens with zero attached hydrogens (tertiary/aromatic N) is 3. The molecule has 150 valence electrons. The number of nitrogens with one attached hydrogen (secondary N) is 1. The molecule has 2 amide bonds. The van der Waals surface area contributed by atoms with Gasteiger partial charge in [-0.1, -0.05) is 44.2 Å². The molecular formula is C19H23BrClN5O2. The molecule has 1 aromatic heterocycles. The Morgan fingerprint density at radius 1 is 1.46 bits per heavy atom. The smallest absolute Gasteiger partial charge is 0.250 e. The van der Waals surface area contributed by atoms with E-state index in [9.17, 15) is 9.59 Å². The van der Waals surface area contributed by atoms with Crippen molar-refractivity contribution in [1.82, 2.24) is 10.3 Å². The second-order valence-electron chi connectivity index (χ2n) is 5.22. The molecule has 0 fully saturated rings. The van der Waals surface area contributed by atoms with Crippen LogP contribution in [0.15, 0.2) is 59.5 Å². The molecule has 0 aliphatic carbocycles. The average molecular weight is 469 g/mol. The van der Waals surface area contributed by atoms with E-state index in [0.29, 0.717) is 21.9 Å². The summed E-state index contributed by atoms with van der Waals surface area (Å²) in [6.45, 7) is 9.23. The molecular weight excluding hydrogens is 446 g/mol. The van der Waals surface area contributed by atoms with Crippen LogP contribution in [0, 0.1) is 0 Å². The summed E-state index contributed by atoms with van der Waals surface area (Å²) in [5.74, 6) is -0.691. The van der Waals surface area contributed by atoms with Gasteiger partial charge in [0.15, 0.2) is 5.82 Å². The van der Waals surface area contributed by atoms with Crippen molar-refractivity contribution in [3.05, 3.63) is 59.4 Å². The van der Waals surface area contributed by atoms with Crippen molar-refractivity contribution in [3.63, 3.8) is 0 Å². The largest absolute Gasteiger partial charge is 0.366 e. The van der Waals surface area contributed by atoms with Gasteiger partial charge in [0.25, 0.3) is 5.91 Å². The molecule has 2 heterocycles. The van der Waals surface area contributed by atoms with Crippen LogP contribution in [0.3, 0.4) is 0 Å². The second kappa shape index (κ2) is 11.4. The van der Waals surface area contributed by atoms with Crippen molar-refractivity contribution >= 4 is 49.8 Å². The molecule has 1 aromatic rings. The average Bonchev–Trinajstić information content (AvgIpc) is 3.07. The fourth-order valence-corrected chi connectivity index (χ4v) is 3.04.